The summed E-state index contributed by atoms with van der Waals surface area (Å²) in [4.78, 5) is 16.2. The monoisotopic (exact) mass is 373 g/mol. The number of hydrogen-bond acceptors (Lipinski definition) is 3. The zero-order valence-corrected chi connectivity index (χ0v) is 16.7. The molecule has 2 aromatic rings. The Labute approximate surface area is 161 Å². The fourth-order valence-corrected chi connectivity index (χ4v) is 3.11. The number of carbonyl (C=O) groups is 1. The first-order valence-electron chi connectivity index (χ1n) is 9.09. The second-order valence-corrected chi connectivity index (χ2v) is 7.69. The summed E-state index contributed by atoms with van der Waals surface area (Å²) < 4.78 is 0. The van der Waals surface area contributed by atoms with Crippen molar-refractivity contribution in [2.24, 2.45) is 11.8 Å². The number of rotatable bonds is 8. The van der Waals surface area contributed by atoms with Crippen molar-refractivity contribution in [1.82, 2.24) is 10.3 Å². The molecule has 2 N–H and O–H groups in total. The van der Waals surface area contributed by atoms with E-state index in [1.54, 1.807) is 18.3 Å². The summed E-state index contributed by atoms with van der Waals surface area (Å²) in [7, 11) is 0. The second kappa shape index (κ2) is 9.70. The van der Waals surface area contributed by atoms with Crippen LogP contribution in [-0.4, -0.2) is 17.4 Å². The van der Waals surface area contributed by atoms with Crippen molar-refractivity contribution in [2.45, 2.75) is 40.2 Å². The number of anilines is 1. The SMILES string of the molecule is CC(C)Cc1ccc([C@H](NCC(=O)Nc2cccnc2Cl)C(C)C)cc1. The van der Waals surface area contributed by atoms with E-state index in [0.717, 1.165) is 6.42 Å². The molecular formula is C21H28ClN3O. The number of amides is 1. The lowest BCUT2D eigenvalue weighted by atomic mass is 9.94. The lowest BCUT2D eigenvalue weighted by Gasteiger charge is -2.23. The number of carbonyl (C=O) groups excluding carboxylic acids is 1. The van der Waals surface area contributed by atoms with E-state index in [4.69, 9.17) is 11.6 Å². The molecule has 1 aromatic heterocycles. The van der Waals surface area contributed by atoms with Crippen LogP contribution in [0.1, 0.15) is 44.9 Å². The molecule has 1 heterocycles. The normalized spacial score (nSPS) is 12.4. The number of pyridine rings is 1. The van der Waals surface area contributed by atoms with E-state index >= 15 is 0 Å². The first-order valence-corrected chi connectivity index (χ1v) is 9.47. The van der Waals surface area contributed by atoms with Crippen LogP contribution in [0.15, 0.2) is 42.6 Å². The highest BCUT2D eigenvalue weighted by molar-refractivity contribution is 6.32. The minimum absolute atomic E-state index is 0.109. The van der Waals surface area contributed by atoms with Crippen molar-refractivity contribution in [2.75, 3.05) is 11.9 Å². The standard InChI is InChI=1S/C21H28ClN3O/c1-14(2)12-16-7-9-17(10-8-16)20(15(3)4)24-13-19(26)25-18-6-5-11-23-21(18)22/h5-11,14-15,20,24H,12-13H2,1-4H3,(H,25,26)/t20-/m1/s1. The van der Waals surface area contributed by atoms with Crippen molar-refractivity contribution >= 4 is 23.2 Å². The Morgan fingerprint density at radius 1 is 1.12 bits per heavy atom. The van der Waals surface area contributed by atoms with Crippen LogP contribution in [0.3, 0.4) is 0 Å². The van der Waals surface area contributed by atoms with Crippen molar-refractivity contribution in [1.29, 1.82) is 0 Å². The predicted molar refractivity (Wildman–Crippen MR) is 108 cm³/mol. The molecule has 0 aliphatic carbocycles. The van der Waals surface area contributed by atoms with E-state index in [2.05, 4.69) is 67.6 Å². The van der Waals surface area contributed by atoms with Crippen LogP contribution in [0.2, 0.25) is 5.15 Å². The lowest BCUT2D eigenvalue weighted by molar-refractivity contribution is -0.115. The summed E-state index contributed by atoms with van der Waals surface area (Å²) >= 11 is 5.98. The van der Waals surface area contributed by atoms with Gasteiger partial charge in [-0.1, -0.05) is 63.6 Å². The Morgan fingerprint density at radius 3 is 2.38 bits per heavy atom. The summed E-state index contributed by atoms with van der Waals surface area (Å²) in [5.41, 5.74) is 3.06. The Bertz CT molecular complexity index is 713. The predicted octanol–water partition coefficient (Wildman–Crippen LogP) is 4.86. The van der Waals surface area contributed by atoms with Gasteiger partial charge in [-0.15, -0.1) is 0 Å². The van der Waals surface area contributed by atoms with Gasteiger partial charge in [-0.2, -0.15) is 0 Å². The molecule has 0 fully saturated rings. The van der Waals surface area contributed by atoms with E-state index in [0.29, 0.717) is 22.7 Å². The summed E-state index contributed by atoms with van der Waals surface area (Å²) in [5, 5.41) is 6.44. The molecule has 140 valence electrons. The van der Waals surface area contributed by atoms with Gasteiger partial charge in [-0.3, -0.25) is 4.79 Å². The highest BCUT2D eigenvalue weighted by Gasteiger charge is 2.17. The van der Waals surface area contributed by atoms with Crippen LogP contribution in [0.25, 0.3) is 0 Å². The average molecular weight is 374 g/mol. The van der Waals surface area contributed by atoms with E-state index in [-0.39, 0.29) is 18.5 Å². The molecule has 26 heavy (non-hydrogen) atoms. The van der Waals surface area contributed by atoms with Gasteiger partial charge in [0.15, 0.2) is 5.15 Å². The average Bonchev–Trinajstić information content (AvgIpc) is 2.58. The Hall–Kier alpha value is -1.91. The Kier molecular flexibility index (Phi) is 7.61. The minimum Gasteiger partial charge on any atom is -0.322 e. The van der Waals surface area contributed by atoms with E-state index in [9.17, 15) is 4.79 Å². The molecule has 0 unspecified atom stereocenters. The lowest BCUT2D eigenvalue weighted by Crippen LogP contribution is -2.33. The van der Waals surface area contributed by atoms with Crippen LogP contribution in [0, 0.1) is 11.8 Å². The van der Waals surface area contributed by atoms with Crippen LogP contribution >= 0.6 is 11.6 Å². The quantitative estimate of drug-likeness (QED) is 0.650. The van der Waals surface area contributed by atoms with Gasteiger partial charge >= 0.3 is 0 Å². The summed E-state index contributed by atoms with van der Waals surface area (Å²) in [6.07, 6.45) is 2.67. The maximum absolute atomic E-state index is 12.2. The summed E-state index contributed by atoms with van der Waals surface area (Å²) in [6.45, 7) is 8.95. The molecular weight excluding hydrogens is 346 g/mol. The zero-order valence-electron chi connectivity index (χ0n) is 15.9. The molecule has 0 saturated carbocycles. The Morgan fingerprint density at radius 2 is 1.81 bits per heavy atom. The number of benzene rings is 1. The highest BCUT2D eigenvalue weighted by Crippen LogP contribution is 2.23. The largest absolute Gasteiger partial charge is 0.322 e. The maximum Gasteiger partial charge on any atom is 0.238 e. The van der Waals surface area contributed by atoms with Crippen LogP contribution in [0.5, 0.6) is 0 Å². The summed E-state index contributed by atoms with van der Waals surface area (Å²) in [6, 6.07) is 12.3. The number of halogens is 1. The molecule has 5 heteroatoms. The molecule has 0 spiro atoms. The van der Waals surface area contributed by atoms with E-state index < -0.39 is 0 Å². The number of hydrogen-bond donors (Lipinski definition) is 2. The first kappa shape index (κ1) is 20.4. The van der Waals surface area contributed by atoms with Gasteiger partial charge in [0.1, 0.15) is 0 Å². The molecule has 4 nitrogen and oxygen atoms in total. The van der Waals surface area contributed by atoms with Gasteiger partial charge in [0.25, 0.3) is 0 Å². The number of nitrogens with one attached hydrogen (secondary N) is 2. The molecule has 0 aliphatic heterocycles. The third-order valence-corrected chi connectivity index (χ3v) is 4.47. The fourth-order valence-electron chi connectivity index (χ4n) is 2.95. The number of aromatic nitrogens is 1. The molecule has 0 bridgehead atoms. The van der Waals surface area contributed by atoms with Crippen molar-refractivity contribution in [3.05, 3.63) is 58.9 Å². The minimum atomic E-state index is -0.137. The molecule has 1 aromatic carbocycles. The fraction of sp³-hybridized carbons (Fsp3) is 0.429. The molecule has 0 aliphatic rings. The van der Waals surface area contributed by atoms with Crippen molar-refractivity contribution in [3.8, 4) is 0 Å². The maximum atomic E-state index is 12.2. The molecule has 0 saturated heterocycles. The topological polar surface area (TPSA) is 54.0 Å². The van der Waals surface area contributed by atoms with Crippen LogP contribution < -0.4 is 10.6 Å². The van der Waals surface area contributed by atoms with Gasteiger partial charge in [-0.25, -0.2) is 4.98 Å². The second-order valence-electron chi connectivity index (χ2n) is 7.33. The number of nitrogens with zero attached hydrogens (tertiary/aromatic N) is 1. The van der Waals surface area contributed by atoms with Gasteiger partial charge in [0.05, 0.1) is 12.2 Å². The van der Waals surface area contributed by atoms with Gasteiger partial charge in [0.2, 0.25) is 5.91 Å². The molecule has 1 amide bonds. The van der Waals surface area contributed by atoms with Gasteiger partial charge < -0.3 is 10.6 Å². The molecule has 2 rings (SSSR count). The third-order valence-electron chi connectivity index (χ3n) is 4.17. The Balaban J connectivity index is 1.97. The van der Waals surface area contributed by atoms with Gasteiger partial charge in [0, 0.05) is 12.2 Å². The highest BCUT2D eigenvalue weighted by atomic mass is 35.5. The summed E-state index contributed by atoms with van der Waals surface area (Å²) in [5.74, 6) is 0.866. The van der Waals surface area contributed by atoms with Crippen LogP contribution in [-0.2, 0) is 11.2 Å². The zero-order chi connectivity index (χ0) is 19.1. The first-order chi connectivity index (χ1) is 12.4. The molecule has 1 atom stereocenters. The van der Waals surface area contributed by atoms with Crippen molar-refractivity contribution < 1.29 is 4.79 Å². The van der Waals surface area contributed by atoms with Crippen LogP contribution in [0.4, 0.5) is 5.69 Å². The van der Waals surface area contributed by atoms with E-state index in [1.807, 2.05) is 0 Å². The smallest absolute Gasteiger partial charge is 0.238 e. The third kappa shape index (κ3) is 6.11. The molecule has 0 radical (unpaired) electrons. The van der Waals surface area contributed by atoms with Gasteiger partial charge in [-0.05, 0) is 41.5 Å². The van der Waals surface area contributed by atoms with E-state index in [1.165, 1.54) is 11.1 Å². The van der Waals surface area contributed by atoms with Crippen molar-refractivity contribution in [3.63, 3.8) is 0 Å².